The van der Waals surface area contributed by atoms with Crippen LogP contribution in [0.15, 0.2) is 30.3 Å². The van der Waals surface area contributed by atoms with Crippen LogP contribution in [0.4, 0.5) is 5.69 Å². The van der Waals surface area contributed by atoms with E-state index in [2.05, 4.69) is 10.6 Å². The number of guanidine groups is 1. The van der Waals surface area contributed by atoms with Crippen molar-refractivity contribution in [3.63, 3.8) is 0 Å². The summed E-state index contributed by atoms with van der Waals surface area (Å²) in [6.07, 6.45) is 0. The Bertz CT molecular complexity index is 230. The van der Waals surface area contributed by atoms with Crippen LogP contribution in [0.25, 0.3) is 0 Å². The van der Waals surface area contributed by atoms with Crippen LogP contribution in [0.3, 0.4) is 0 Å². The van der Waals surface area contributed by atoms with Gasteiger partial charge in [-0.25, -0.2) is 5.32 Å². The van der Waals surface area contributed by atoms with Crippen LogP contribution in [-0.4, -0.2) is 13.0 Å². The minimum Gasteiger partial charge on any atom is -0.358 e. The molecule has 0 bridgehead atoms. The zero-order valence-corrected chi connectivity index (χ0v) is 6.33. The average molecular weight is 148 g/mol. The summed E-state index contributed by atoms with van der Waals surface area (Å²) in [6.45, 7) is 0. The Morgan fingerprint density at radius 3 is 2.55 bits per heavy atom. The van der Waals surface area contributed by atoms with Gasteiger partial charge in [0.15, 0.2) is 0 Å². The zero-order valence-electron chi connectivity index (χ0n) is 6.33. The predicted octanol–water partition coefficient (Wildman–Crippen LogP) is 1.08. The molecular formula is C8H10N3. The molecular weight excluding hydrogens is 138 g/mol. The molecule has 0 spiro atoms. The van der Waals surface area contributed by atoms with E-state index in [-0.39, 0.29) is 5.96 Å². The molecule has 1 rings (SSSR count). The van der Waals surface area contributed by atoms with Crippen molar-refractivity contribution in [1.29, 1.82) is 5.41 Å². The smallest absolute Gasteiger partial charge is 0.215 e. The highest BCUT2D eigenvalue weighted by molar-refractivity contribution is 5.80. The summed E-state index contributed by atoms with van der Waals surface area (Å²) in [5.41, 5.74) is 0.798. The lowest BCUT2D eigenvalue weighted by Crippen LogP contribution is -2.24. The molecule has 0 saturated heterocycles. The Labute approximate surface area is 65.9 Å². The average Bonchev–Trinajstić information content (AvgIpc) is 2.06. The van der Waals surface area contributed by atoms with E-state index in [1.165, 1.54) is 0 Å². The summed E-state index contributed by atoms with van der Waals surface area (Å²) in [4.78, 5) is 0. The van der Waals surface area contributed by atoms with Crippen molar-refractivity contribution in [2.75, 3.05) is 7.05 Å². The van der Waals surface area contributed by atoms with Gasteiger partial charge in [0.25, 0.3) is 0 Å². The third kappa shape index (κ3) is 2.29. The molecule has 57 valence electrons. The molecule has 0 heterocycles. The minimum atomic E-state index is 0.177. The molecule has 0 fully saturated rings. The highest BCUT2D eigenvalue weighted by Crippen LogP contribution is 2.03. The van der Waals surface area contributed by atoms with Crippen molar-refractivity contribution in [3.8, 4) is 0 Å². The number of nitrogens with one attached hydrogen (secondary N) is 2. The van der Waals surface area contributed by atoms with Crippen LogP contribution in [0, 0.1) is 5.41 Å². The highest BCUT2D eigenvalue weighted by Gasteiger charge is 1.93. The van der Waals surface area contributed by atoms with Gasteiger partial charge in [0.2, 0.25) is 5.96 Å². The molecule has 0 unspecified atom stereocenters. The molecule has 2 N–H and O–H groups in total. The van der Waals surface area contributed by atoms with E-state index < -0.39 is 0 Å². The summed E-state index contributed by atoms with van der Waals surface area (Å²) in [5.74, 6) is 0.177. The van der Waals surface area contributed by atoms with Gasteiger partial charge < -0.3 is 5.32 Å². The van der Waals surface area contributed by atoms with E-state index in [1.54, 1.807) is 7.05 Å². The number of nitrogens with zero attached hydrogens (tertiary/aromatic N) is 1. The maximum absolute atomic E-state index is 7.20. The number of para-hydroxylation sites is 1. The summed E-state index contributed by atoms with van der Waals surface area (Å²) in [6, 6.07) is 9.41. The normalized spacial score (nSPS) is 8.82. The first-order valence-electron chi connectivity index (χ1n) is 3.36. The second-order valence-electron chi connectivity index (χ2n) is 2.05. The number of hydrogen-bond donors (Lipinski definition) is 2. The first-order valence-corrected chi connectivity index (χ1v) is 3.36. The third-order valence-electron chi connectivity index (χ3n) is 1.23. The molecule has 3 heteroatoms. The van der Waals surface area contributed by atoms with Crippen molar-refractivity contribution < 1.29 is 0 Å². The van der Waals surface area contributed by atoms with E-state index in [1.807, 2.05) is 30.3 Å². The van der Waals surface area contributed by atoms with Gasteiger partial charge in [-0.1, -0.05) is 18.2 Å². The van der Waals surface area contributed by atoms with E-state index in [0.717, 1.165) is 5.69 Å². The topological polar surface area (TPSA) is 50.0 Å². The highest BCUT2D eigenvalue weighted by atomic mass is 15.1. The van der Waals surface area contributed by atoms with E-state index in [0.29, 0.717) is 0 Å². The Morgan fingerprint density at radius 2 is 2.00 bits per heavy atom. The quantitative estimate of drug-likeness (QED) is 0.454. The van der Waals surface area contributed by atoms with Gasteiger partial charge in [0.1, 0.15) is 0 Å². The largest absolute Gasteiger partial charge is 0.358 e. The lowest BCUT2D eigenvalue weighted by molar-refractivity contribution is 1.04. The molecule has 0 aliphatic rings. The molecule has 0 aromatic heterocycles. The van der Waals surface area contributed by atoms with Gasteiger partial charge >= 0.3 is 0 Å². The fourth-order valence-corrected chi connectivity index (χ4v) is 0.688. The number of benzene rings is 1. The Balaban J connectivity index is 2.58. The Hall–Kier alpha value is -1.51. The predicted molar refractivity (Wildman–Crippen MR) is 45.0 cm³/mol. The number of rotatable bonds is 1. The van der Waals surface area contributed by atoms with Crippen molar-refractivity contribution in [2.45, 2.75) is 0 Å². The maximum atomic E-state index is 7.20. The van der Waals surface area contributed by atoms with Gasteiger partial charge in [0, 0.05) is 7.05 Å². The van der Waals surface area contributed by atoms with Gasteiger partial charge in [-0.2, -0.15) is 0 Å². The van der Waals surface area contributed by atoms with E-state index in [9.17, 15) is 0 Å². The Morgan fingerprint density at radius 1 is 1.36 bits per heavy atom. The van der Waals surface area contributed by atoms with Crippen LogP contribution in [0.5, 0.6) is 0 Å². The van der Waals surface area contributed by atoms with Gasteiger partial charge in [-0.05, 0) is 12.1 Å². The second kappa shape index (κ2) is 3.61. The van der Waals surface area contributed by atoms with Crippen LogP contribution in [0.1, 0.15) is 0 Å². The lowest BCUT2D eigenvalue weighted by atomic mass is 10.3. The molecule has 1 aromatic carbocycles. The van der Waals surface area contributed by atoms with Gasteiger partial charge in [-0.15, -0.1) is 0 Å². The monoisotopic (exact) mass is 148 g/mol. The molecule has 11 heavy (non-hydrogen) atoms. The van der Waals surface area contributed by atoms with Crippen LogP contribution >= 0.6 is 0 Å². The SMILES string of the molecule is CNC(=N)[N]c1ccccc1. The summed E-state index contributed by atoms with van der Waals surface area (Å²) in [7, 11) is 1.68. The van der Waals surface area contributed by atoms with Crippen molar-refractivity contribution in [1.82, 2.24) is 10.6 Å². The molecule has 1 aromatic rings. The zero-order chi connectivity index (χ0) is 8.10. The maximum Gasteiger partial charge on any atom is 0.215 e. The molecule has 0 atom stereocenters. The van der Waals surface area contributed by atoms with Crippen molar-refractivity contribution >= 4 is 11.6 Å². The Kier molecular flexibility index (Phi) is 2.49. The van der Waals surface area contributed by atoms with Gasteiger partial charge in [0.05, 0.1) is 5.69 Å². The fourth-order valence-electron chi connectivity index (χ4n) is 0.688. The summed E-state index contributed by atoms with van der Waals surface area (Å²) < 4.78 is 0. The fraction of sp³-hybridized carbons (Fsp3) is 0.125. The van der Waals surface area contributed by atoms with Crippen molar-refractivity contribution in [3.05, 3.63) is 30.3 Å². The molecule has 0 aliphatic carbocycles. The van der Waals surface area contributed by atoms with E-state index >= 15 is 0 Å². The third-order valence-corrected chi connectivity index (χ3v) is 1.23. The summed E-state index contributed by atoms with van der Waals surface area (Å²) >= 11 is 0. The first-order chi connectivity index (χ1) is 5.33. The second-order valence-corrected chi connectivity index (χ2v) is 2.05. The summed E-state index contributed by atoms with van der Waals surface area (Å²) in [5, 5.41) is 13.8. The van der Waals surface area contributed by atoms with E-state index in [4.69, 9.17) is 5.41 Å². The van der Waals surface area contributed by atoms with Gasteiger partial charge in [-0.3, -0.25) is 5.41 Å². The molecule has 0 aliphatic heterocycles. The number of hydrogen-bond acceptors (Lipinski definition) is 1. The van der Waals surface area contributed by atoms with Crippen molar-refractivity contribution in [2.24, 2.45) is 0 Å². The standard InChI is InChI=1S/C8H10N3/c1-10-8(9)11-7-5-3-2-4-6-7/h2-6H,1H3,(H2,9,10). The van der Waals surface area contributed by atoms with Crippen LogP contribution < -0.4 is 10.6 Å². The van der Waals surface area contributed by atoms with Crippen LogP contribution in [-0.2, 0) is 0 Å². The molecule has 1 radical (unpaired) electrons. The van der Waals surface area contributed by atoms with Crippen LogP contribution in [0.2, 0.25) is 0 Å². The molecule has 0 amide bonds. The minimum absolute atomic E-state index is 0.177. The lowest BCUT2D eigenvalue weighted by Gasteiger charge is -2.01. The molecule has 3 nitrogen and oxygen atoms in total. The molecule has 0 saturated carbocycles. The first kappa shape index (κ1) is 7.60.